The van der Waals surface area contributed by atoms with E-state index in [1.54, 1.807) is 36.4 Å². The second kappa shape index (κ2) is 55.8. The number of esters is 3. The SMILES string of the molecule is CC(=O)C(C(C)=O)c1ccc(C(=O)Nc2ccccc2N)cn1.CC(=O)C(C(C)=O)c1ccc(C(=O)O)cn1.CC(=O)C(C(C)=O)c1ccc(C(=O)O)cn1.CC(=O)C(O)(C(C)=O)c1ccc(C(=O)O)cn1.CC(=O)CC(C)=O.COC(=O)c1ccc(C(C(C)=O)C(C)=O)nc1.COC(=O)c1ccc(C(C(C)=O)C(C)=O)nc1.COC(=O)c1ccc(F)nc1.Nc1ccccc1N. The van der Waals surface area contributed by atoms with E-state index in [9.17, 15) is 110 Å². The molecular weight excluding hydrogens is 1730 g/mol. The number of nitrogens with zero attached hydrogens (tertiary/aromatic N) is 7. The highest BCUT2D eigenvalue weighted by Crippen LogP contribution is 2.25. The third-order valence-electron chi connectivity index (χ3n) is 17.3. The summed E-state index contributed by atoms with van der Waals surface area (Å²) in [6.45, 7) is 18.2. The number of Topliss-reactive ketones (excluding diaryl/α,β-unsaturated/α-hetero) is 14. The molecule has 0 aliphatic carbocycles. The fourth-order valence-electron chi connectivity index (χ4n) is 10.9. The first kappa shape index (κ1) is 113. The third-order valence-corrected chi connectivity index (χ3v) is 17.3. The van der Waals surface area contributed by atoms with Crippen LogP contribution in [0.1, 0.15) is 240 Å². The first-order chi connectivity index (χ1) is 61.7. The smallest absolute Gasteiger partial charge is 0.339 e. The highest BCUT2D eigenvalue weighted by atomic mass is 19.1. The Bertz CT molecular complexity index is 5390. The molecule has 40 heteroatoms. The molecule has 0 radical (unpaired) electrons. The van der Waals surface area contributed by atoms with E-state index in [1.165, 1.54) is 196 Å². The molecule has 9 rings (SSSR count). The molecule has 0 saturated carbocycles. The Morgan fingerprint density at radius 1 is 0.318 bits per heavy atom. The maximum atomic E-state index is 12.2. The summed E-state index contributed by atoms with van der Waals surface area (Å²) in [7, 11) is 3.79. The number of benzene rings is 2. The van der Waals surface area contributed by atoms with Gasteiger partial charge >= 0.3 is 35.8 Å². The average Bonchev–Trinajstić information content (AvgIpc) is 0.790. The molecule has 11 N–H and O–H groups in total. The van der Waals surface area contributed by atoms with Gasteiger partial charge in [-0.3, -0.25) is 102 Å². The highest BCUT2D eigenvalue weighted by Gasteiger charge is 2.42. The Hall–Kier alpha value is -16.6. The lowest BCUT2D eigenvalue weighted by atomic mass is 9.90. The number of rotatable bonds is 28. The lowest BCUT2D eigenvalue weighted by Gasteiger charge is -2.21. The van der Waals surface area contributed by atoms with Crippen molar-refractivity contribution in [2.24, 2.45) is 0 Å². The number of aliphatic hydroxyl groups is 1. The standard InChI is InChI=1S/C17H17N3O3.2C12H13NO4.C11H11NO5.2C11H11NO4.C7H6FNO2.C6H8N2.C5H8O2/c1-10(21)16(11(2)22)15-8-7-12(9-19-15)17(23)20-14-6-4-3-5-13(14)18;2*1-7(14)11(8(2)15)10-5-4-9(6-13-10)12(16)17-3;1-6(13)11(17,7(2)14)9-4-3-8(5-12-9)10(15)16;2*1-6(13)10(7(2)14)9-4-3-8(5-12-9)11(15)16;1-11-7(10)5-2-3-6(8)9-4-5;7-5-3-1-2-4-6(5)8;1-4(6)3-5(2)7/h3-9,16H,18H2,1-2H3,(H,20,23);2*4-6,11H,1-3H3;3-5,17H,1-2H3,(H,15,16);2*3-5,10H,1-2H3,(H,15,16);2-4H,1H3;1-4H,7-8H2;3H2,1-2H3. The molecule has 7 aromatic heterocycles. The Labute approximate surface area is 755 Å². The number of amides is 1. The molecule has 0 unspecified atom stereocenters. The summed E-state index contributed by atoms with van der Waals surface area (Å²) in [6.07, 6.45) is 8.38. The second-order valence-corrected chi connectivity index (χ2v) is 27.9. The number of hydrogen-bond acceptors (Lipinski definition) is 35. The topological polar surface area (TPSA) is 647 Å². The number of anilines is 4. The van der Waals surface area contributed by atoms with Crippen LogP contribution in [0.4, 0.5) is 27.1 Å². The Morgan fingerprint density at radius 3 is 0.742 bits per heavy atom. The van der Waals surface area contributed by atoms with E-state index in [2.05, 4.69) is 54.4 Å². The number of carboxylic acids is 3. The van der Waals surface area contributed by atoms with Gasteiger partial charge in [0, 0.05) is 43.4 Å². The minimum Gasteiger partial charge on any atom is -0.478 e. The number of ether oxygens (including phenoxy) is 3. The second-order valence-electron chi connectivity index (χ2n) is 27.9. The number of aromatic carboxylic acids is 3. The van der Waals surface area contributed by atoms with E-state index in [-0.39, 0.29) is 132 Å². The van der Waals surface area contributed by atoms with E-state index in [1.807, 2.05) is 12.1 Å². The lowest BCUT2D eigenvalue weighted by molar-refractivity contribution is -0.150. The van der Waals surface area contributed by atoms with Crippen LogP contribution in [-0.4, -0.2) is 199 Å². The van der Waals surface area contributed by atoms with Gasteiger partial charge in [0.05, 0.1) is 124 Å². The average molecular weight is 1820 g/mol. The van der Waals surface area contributed by atoms with Crippen molar-refractivity contribution in [1.29, 1.82) is 0 Å². The highest BCUT2D eigenvalue weighted by molar-refractivity contribution is 6.11. The minimum absolute atomic E-state index is 0.0228. The maximum Gasteiger partial charge on any atom is 0.339 e. The van der Waals surface area contributed by atoms with Gasteiger partial charge in [-0.15, -0.1) is 0 Å². The third kappa shape index (κ3) is 37.6. The van der Waals surface area contributed by atoms with Gasteiger partial charge in [0.1, 0.15) is 99.0 Å². The predicted octanol–water partition coefficient (Wildman–Crippen LogP) is 9.08. The molecule has 696 valence electrons. The zero-order valence-corrected chi connectivity index (χ0v) is 74.7. The van der Waals surface area contributed by atoms with Crippen LogP contribution in [0.5, 0.6) is 0 Å². The van der Waals surface area contributed by atoms with Crippen molar-refractivity contribution >= 4 is 145 Å². The number of pyridine rings is 7. The molecule has 0 aliphatic rings. The van der Waals surface area contributed by atoms with Crippen molar-refractivity contribution in [2.75, 3.05) is 43.8 Å². The maximum absolute atomic E-state index is 12.2. The minimum atomic E-state index is -2.31. The zero-order valence-electron chi connectivity index (χ0n) is 74.7. The van der Waals surface area contributed by atoms with Crippen molar-refractivity contribution in [2.45, 2.75) is 139 Å². The van der Waals surface area contributed by atoms with Gasteiger partial charge in [-0.25, -0.2) is 33.8 Å². The summed E-state index contributed by atoms with van der Waals surface area (Å²) in [4.78, 5) is 259. The molecule has 0 spiro atoms. The number of carbonyl (C=O) groups is 21. The van der Waals surface area contributed by atoms with Gasteiger partial charge in [-0.1, -0.05) is 24.3 Å². The van der Waals surface area contributed by atoms with Crippen LogP contribution in [0, 0.1) is 5.95 Å². The number of nitrogens with two attached hydrogens (primary N) is 3. The molecule has 39 nitrogen and oxygen atoms in total. The number of nitrogen functional groups attached to an aromatic ring is 3. The van der Waals surface area contributed by atoms with Crippen LogP contribution in [0.25, 0.3) is 0 Å². The molecule has 0 atom stereocenters. The van der Waals surface area contributed by atoms with E-state index in [0.717, 1.165) is 50.8 Å². The first-order valence-electron chi connectivity index (χ1n) is 38.5. The molecule has 1 amide bonds. The molecule has 0 fully saturated rings. The predicted molar refractivity (Wildman–Crippen MR) is 470 cm³/mol. The number of carboxylic acid groups (broad SMARTS) is 3. The molecule has 0 saturated heterocycles. The monoisotopic (exact) mass is 1820 g/mol. The quantitative estimate of drug-likeness (QED) is 0.00744. The van der Waals surface area contributed by atoms with Gasteiger partial charge in [0.25, 0.3) is 5.91 Å². The number of aromatic nitrogens is 7. The van der Waals surface area contributed by atoms with E-state index < -0.39 is 88.5 Å². The summed E-state index contributed by atoms with van der Waals surface area (Å²) in [5.41, 5.74) is 19.0. The molecular formula is C92H98FN11O28. The fraction of sp³-hybridized carbons (Fsp3) is 0.261. The number of para-hydroxylation sites is 4. The Kier molecular flexibility index (Phi) is 48.0. The lowest BCUT2D eigenvalue weighted by Crippen LogP contribution is -2.41. The molecule has 7 heterocycles. The normalized spacial score (nSPS) is 10.1. The summed E-state index contributed by atoms with van der Waals surface area (Å²) >= 11 is 0. The van der Waals surface area contributed by atoms with Crippen LogP contribution in [0.2, 0.25) is 0 Å². The largest absolute Gasteiger partial charge is 0.478 e. The van der Waals surface area contributed by atoms with Crippen LogP contribution >= 0.6 is 0 Å². The van der Waals surface area contributed by atoms with Gasteiger partial charge in [-0.2, -0.15) is 4.39 Å². The van der Waals surface area contributed by atoms with Crippen LogP contribution in [-0.2, 0) is 86.9 Å². The number of halogens is 1. The van der Waals surface area contributed by atoms with Gasteiger partial charge < -0.3 is 57.2 Å². The molecule has 0 bridgehead atoms. The summed E-state index contributed by atoms with van der Waals surface area (Å²) in [6, 6.07) is 33.3. The molecule has 0 aliphatic heterocycles. The van der Waals surface area contributed by atoms with Crippen LogP contribution in [0.15, 0.2) is 177 Å². The molecule has 9 aromatic rings. The van der Waals surface area contributed by atoms with Crippen molar-refractivity contribution < 1.29 is 140 Å². The number of methoxy groups -OCH3 is 3. The molecule has 2 aromatic carbocycles. The summed E-state index contributed by atoms with van der Waals surface area (Å²) in [5.74, 6) is -14.8. The summed E-state index contributed by atoms with van der Waals surface area (Å²) < 4.78 is 25.6. The number of carbonyl (C=O) groups excluding carboxylic acids is 18. The number of hydrogen-bond donors (Lipinski definition) is 8. The Morgan fingerprint density at radius 2 is 0.553 bits per heavy atom. The van der Waals surface area contributed by atoms with Gasteiger partial charge in [-0.05, 0) is 206 Å². The Balaban J connectivity index is 0.000000754. The van der Waals surface area contributed by atoms with Crippen molar-refractivity contribution in [1.82, 2.24) is 34.9 Å². The van der Waals surface area contributed by atoms with Gasteiger partial charge in [0.2, 0.25) is 11.5 Å². The first-order valence-corrected chi connectivity index (χ1v) is 38.5. The van der Waals surface area contributed by atoms with Crippen LogP contribution in [0.3, 0.4) is 0 Å². The van der Waals surface area contributed by atoms with Crippen LogP contribution < -0.4 is 22.5 Å². The van der Waals surface area contributed by atoms with Crippen molar-refractivity contribution in [3.8, 4) is 0 Å². The van der Waals surface area contributed by atoms with Gasteiger partial charge in [0.15, 0.2) is 11.6 Å². The number of ketones is 14. The van der Waals surface area contributed by atoms with E-state index >= 15 is 0 Å². The molecule has 132 heavy (non-hydrogen) atoms. The zero-order chi connectivity index (χ0) is 101. The fourth-order valence-corrected chi connectivity index (χ4v) is 10.9. The van der Waals surface area contributed by atoms with Crippen molar-refractivity contribution in [3.05, 3.63) is 256 Å². The van der Waals surface area contributed by atoms with E-state index in [4.69, 9.17) is 32.5 Å². The summed E-state index contributed by atoms with van der Waals surface area (Å²) in [5, 5.41) is 38.6. The van der Waals surface area contributed by atoms with Crippen molar-refractivity contribution in [3.63, 3.8) is 0 Å². The van der Waals surface area contributed by atoms with E-state index in [0.29, 0.717) is 45.4 Å². The number of nitrogens with one attached hydrogen (secondary N) is 1.